The van der Waals surface area contributed by atoms with E-state index in [0.29, 0.717) is 26.4 Å². The predicted molar refractivity (Wildman–Crippen MR) is 124 cm³/mol. The molecule has 0 radical (unpaired) electrons. The van der Waals surface area contributed by atoms with Crippen molar-refractivity contribution in [3.8, 4) is 0 Å². The van der Waals surface area contributed by atoms with E-state index in [1.807, 2.05) is 27.7 Å². The summed E-state index contributed by atoms with van der Waals surface area (Å²) >= 11 is 0. The van der Waals surface area contributed by atoms with Crippen LogP contribution in [0.25, 0.3) is 0 Å². The van der Waals surface area contributed by atoms with Gasteiger partial charge in [-0.15, -0.1) is 0 Å². The van der Waals surface area contributed by atoms with Gasteiger partial charge < -0.3 is 57.8 Å². The molecule has 6 aliphatic heterocycles. The van der Waals surface area contributed by atoms with Gasteiger partial charge in [-0.2, -0.15) is 0 Å². The van der Waals surface area contributed by atoms with Crippen LogP contribution in [0, 0.1) is 0 Å². The molecule has 6 rings (SSSR count). The smallest absolute Gasteiger partial charge is 0.187 e. The van der Waals surface area contributed by atoms with E-state index in [9.17, 15) is 5.11 Å². The minimum absolute atomic E-state index is 0.124. The van der Waals surface area contributed by atoms with Crippen molar-refractivity contribution in [3.05, 3.63) is 0 Å². The molecule has 0 saturated carbocycles. The third-order valence-electron chi connectivity index (χ3n) is 7.71. The summed E-state index contributed by atoms with van der Waals surface area (Å²) in [5, 5.41) is 12.7. The molecule has 2 N–H and O–H groups in total. The Morgan fingerprint density at radius 2 is 1.24 bits per heavy atom. The fourth-order valence-corrected chi connectivity index (χ4v) is 6.12. The summed E-state index contributed by atoms with van der Waals surface area (Å²) in [7, 11) is 0. The van der Waals surface area contributed by atoms with Gasteiger partial charge in [0.1, 0.15) is 48.8 Å². The molecule has 10 atom stereocenters. The fourth-order valence-electron chi connectivity index (χ4n) is 6.12. The topological polar surface area (TPSA) is 125 Å². The van der Waals surface area contributed by atoms with E-state index < -0.39 is 24.2 Å². The van der Waals surface area contributed by atoms with E-state index in [4.69, 9.17) is 47.4 Å². The van der Waals surface area contributed by atoms with Crippen LogP contribution < -0.4 is 5.32 Å². The van der Waals surface area contributed by atoms with Gasteiger partial charge in [0.2, 0.25) is 0 Å². The Morgan fingerprint density at radius 3 is 1.73 bits per heavy atom. The van der Waals surface area contributed by atoms with Crippen molar-refractivity contribution in [2.45, 2.75) is 120 Å². The van der Waals surface area contributed by atoms with E-state index in [-0.39, 0.29) is 61.5 Å². The lowest BCUT2D eigenvalue weighted by Gasteiger charge is -2.37. The zero-order valence-corrected chi connectivity index (χ0v) is 22.0. The van der Waals surface area contributed by atoms with E-state index in [0.717, 1.165) is 19.4 Å². The number of unbranched alkanes of at least 4 members (excludes halogenated alkanes) is 1. The molecule has 212 valence electrons. The van der Waals surface area contributed by atoms with Crippen molar-refractivity contribution < 1.29 is 52.5 Å². The summed E-state index contributed by atoms with van der Waals surface area (Å²) in [6, 6.07) is -0.124. The third kappa shape index (κ3) is 5.46. The van der Waals surface area contributed by atoms with E-state index in [2.05, 4.69) is 5.32 Å². The quantitative estimate of drug-likeness (QED) is 0.350. The van der Waals surface area contributed by atoms with Crippen molar-refractivity contribution in [1.82, 2.24) is 5.32 Å². The van der Waals surface area contributed by atoms with E-state index in [1.165, 1.54) is 0 Å². The third-order valence-corrected chi connectivity index (χ3v) is 7.71. The zero-order chi connectivity index (χ0) is 25.8. The average Bonchev–Trinajstić information content (AvgIpc) is 3.60. The number of aliphatic hydroxyl groups excluding tert-OH is 1. The summed E-state index contributed by atoms with van der Waals surface area (Å²) in [4.78, 5) is 0. The second-order valence-corrected chi connectivity index (χ2v) is 11.6. The number of fused-ring (bicyclic) bond motifs is 8. The molecule has 37 heavy (non-hydrogen) atoms. The number of rotatable bonds is 11. The van der Waals surface area contributed by atoms with Gasteiger partial charge in [-0.25, -0.2) is 0 Å². The highest BCUT2D eigenvalue weighted by Crippen LogP contribution is 2.43. The van der Waals surface area contributed by atoms with Crippen molar-refractivity contribution in [1.29, 1.82) is 0 Å². The lowest BCUT2D eigenvalue weighted by Crippen LogP contribution is -2.56. The van der Waals surface area contributed by atoms with Crippen LogP contribution in [-0.2, 0) is 47.4 Å². The summed E-state index contributed by atoms with van der Waals surface area (Å²) < 4.78 is 61.1. The highest BCUT2D eigenvalue weighted by molar-refractivity contribution is 5.01. The summed E-state index contributed by atoms with van der Waals surface area (Å²) in [6.07, 6.45) is -1.59. The van der Waals surface area contributed by atoms with Crippen LogP contribution in [0.5, 0.6) is 0 Å². The molecule has 6 fully saturated rings. The fraction of sp³-hybridized carbons (Fsp3) is 1.00. The van der Waals surface area contributed by atoms with E-state index >= 15 is 0 Å². The lowest BCUT2D eigenvalue weighted by molar-refractivity contribution is -0.214. The summed E-state index contributed by atoms with van der Waals surface area (Å²) in [5.41, 5.74) is 0. The molecule has 6 saturated heterocycles. The summed E-state index contributed by atoms with van der Waals surface area (Å²) in [5.74, 6) is -1.45. The lowest BCUT2D eigenvalue weighted by atomic mass is 10.0. The number of hydrogen-bond donors (Lipinski definition) is 2. The Labute approximate surface area is 217 Å². The molecule has 4 bridgehead atoms. The highest BCUT2D eigenvalue weighted by atomic mass is 16.8. The van der Waals surface area contributed by atoms with Gasteiger partial charge in [0, 0.05) is 6.61 Å². The minimum atomic E-state index is -0.727. The van der Waals surface area contributed by atoms with Crippen LogP contribution in [0.1, 0.15) is 40.5 Å². The Balaban J connectivity index is 1.10. The van der Waals surface area contributed by atoms with Gasteiger partial charge in [-0.1, -0.05) is 0 Å². The molecular formula is C25H41NO11. The first-order valence-electron chi connectivity index (χ1n) is 13.6. The SMILES string of the molecule is CC1(C)OC2C3OCC(O3)C(OCC(COC3C4COC(O4)C4OC(C)(C)OC34)NCCCCO)C2O1. The number of hydrogen-bond acceptors (Lipinski definition) is 12. The highest BCUT2D eigenvalue weighted by Gasteiger charge is 2.60. The van der Waals surface area contributed by atoms with Gasteiger partial charge in [0.15, 0.2) is 24.2 Å². The Bertz CT molecular complexity index is 741. The monoisotopic (exact) mass is 531 g/mol. The van der Waals surface area contributed by atoms with Gasteiger partial charge >= 0.3 is 0 Å². The number of nitrogens with one attached hydrogen (secondary N) is 1. The molecule has 0 amide bonds. The largest absolute Gasteiger partial charge is 0.396 e. The number of ether oxygens (including phenoxy) is 10. The first-order valence-corrected chi connectivity index (χ1v) is 13.6. The molecule has 0 aromatic carbocycles. The molecule has 10 unspecified atom stereocenters. The van der Waals surface area contributed by atoms with Gasteiger partial charge in [0.05, 0.1) is 32.5 Å². The molecule has 12 heteroatoms. The van der Waals surface area contributed by atoms with Crippen molar-refractivity contribution in [2.75, 3.05) is 39.6 Å². The average molecular weight is 532 g/mol. The van der Waals surface area contributed by atoms with Gasteiger partial charge in [0.25, 0.3) is 0 Å². The van der Waals surface area contributed by atoms with Crippen molar-refractivity contribution >= 4 is 0 Å². The van der Waals surface area contributed by atoms with Gasteiger partial charge in [-0.05, 0) is 47.1 Å². The maximum Gasteiger partial charge on any atom is 0.187 e. The molecule has 0 spiro atoms. The first-order chi connectivity index (χ1) is 17.7. The molecule has 6 aliphatic rings. The maximum absolute atomic E-state index is 9.18. The number of aliphatic hydroxyl groups is 1. The Hall–Kier alpha value is -0.480. The predicted octanol–water partition coefficient (Wildman–Crippen LogP) is 0.0379. The van der Waals surface area contributed by atoms with Crippen LogP contribution in [0.3, 0.4) is 0 Å². The van der Waals surface area contributed by atoms with E-state index in [1.54, 1.807) is 0 Å². The van der Waals surface area contributed by atoms with Crippen LogP contribution in [-0.4, -0.2) is 124 Å². The van der Waals surface area contributed by atoms with Crippen molar-refractivity contribution in [3.63, 3.8) is 0 Å². The van der Waals surface area contributed by atoms with Gasteiger partial charge in [-0.3, -0.25) is 0 Å². The molecule has 6 heterocycles. The molecular weight excluding hydrogens is 490 g/mol. The van der Waals surface area contributed by atoms with Crippen LogP contribution in [0.15, 0.2) is 0 Å². The summed E-state index contributed by atoms with van der Waals surface area (Å²) in [6.45, 7) is 10.1. The first kappa shape index (κ1) is 26.7. The molecule has 0 aliphatic carbocycles. The molecule has 0 aromatic heterocycles. The Kier molecular flexibility index (Phi) is 7.58. The Morgan fingerprint density at radius 1 is 0.757 bits per heavy atom. The molecule has 0 aromatic rings. The minimum Gasteiger partial charge on any atom is -0.396 e. The second-order valence-electron chi connectivity index (χ2n) is 11.6. The normalized spacial score (nSPS) is 45.6. The van der Waals surface area contributed by atoms with Crippen LogP contribution in [0.2, 0.25) is 0 Å². The maximum atomic E-state index is 9.18. The van der Waals surface area contributed by atoms with Crippen LogP contribution in [0.4, 0.5) is 0 Å². The van der Waals surface area contributed by atoms with Crippen molar-refractivity contribution in [2.24, 2.45) is 0 Å². The van der Waals surface area contributed by atoms with Crippen LogP contribution >= 0.6 is 0 Å². The zero-order valence-electron chi connectivity index (χ0n) is 22.0. The standard InChI is InChI=1S/C25H41NO11/c1-24(2)34-18-16(14-11-30-22(32-14)20(18)36-24)28-9-13(26-7-5-6-8-27)10-29-17-15-12-31-23(33-15)21-19(17)35-25(3,4)37-21/h13-23,26-27H,5-12H2,1-4H3. The second kappa shape index (κ2) is 10.5. The molecule has 12 nitrogen and oxygen atoms in total.